The van der Waals surface area contributed by atoms with E-state index in [9.17, 15) is 0 Å². The standard InChI is InChI=1S/C13H18N2/c1-15-7-4-11-8-10(2-3-12(11)15)9-13(14)5-6-13/h2-3,8H,4-7,9,14H2,1H3. The molecule has 1 aliphatic heterocycles. The van der Waals surface area contributed by atoms with Crippen LogP contribution in [-0.2, 0) is 12.8 Å². The zero-order valence-corrected chi connectivity index (χ0v) is 9.29. The maximum atomic E-state index is 6.14. The average molecular weight is 202 g/mol. The Morgan fingerprint density at radius 3 is 2.93 bits per heavy atom. The van der Waals surface area contributed by atoms with Gasteiger partial charge in [-0.1, -0.05) is 12.1 Å². The summed E-state index contributed by atoms with van der Waals surface area (Å²) in [4.78, 5) is 2.33. The summed E-state index contributed by atoms with van der Waals surface area (Å²) in [6.45, 7) is 1.16. The smallest absolute Gasteiger partial charge is 0.0397 e. The molecule has 0 atom stereocenters. The molecule has 2 heteroatoms. The van der Waals surface area contributed by atoms with Crippen molar-refractivity contribution in [3.63, 3.8) is 0 Å². The highest BCUT2D eigenvalue weighted by Gasteiger charge is 2.38. The van der Waals surface area contributed by atoms with E-state index >= 15 is 0 Å². The molecular weight excluding hydrogens is 184 g/mol. The number of fused-ring (bicyclic) bond motifs is 1. The molecule has 0 unspecified atom stereocenters. The van der Waals surface area contributed by atoms with Crippen LogP contribution in [-0.4, -0.2) is 19.1 Å². The van der Waals surface area contributed by atoms with Gasteiger partial charge in [0.05, 0.1) is 0 Å². The summed E-state index contributed by atoms with van der Waals surface area (Å²) in [5.41, 5.74) is 10.6. The van der Waals surface area contributed by atoms with E-state index in [-0.39, 0.29) is 5.54 Å². The van der Waals surface area contributed by atoms with Gasteiger partial charge in [-0.15, -0.1) is 0 Å². The molecule has 0 bridgehead atoms. The van der Waals surface area contributed by atoms with Gasteiger partial charge in [-0.25, -0.2) is 0 Å². The van der Waals surface area contributed by atoms with Crippen molar-refractivity contribution in [2.45, 2.75) is 31.2 Å². The Labute approximate surface area is 91.1 Å². The van der Waals surface area contributed by atoms with Crippen LogP contribution in [0.15, 0.2) is 18.2 Å². The molecule has 1 heterocycles. The lowest BCUT2D eigenvalue weighted by Crippen LogP contribution is -2.24. The van der Waals surface area contributed by atoms with Crippen molar-refractivity contribution in [1.82, 2.24) is 0 Å². The number of nitrogens with two attached hydrogens (primary N) is 1. The zero-order valence-electron chi connectivity index (χ0n) is 9.29. The van der Waals surface area contributed by atoms with Crippen LogP contribution in [0, 0.1) is 0 Å². The molecule has 3 rings (SSSR count). The molecule has 1 aromatic carbocycles. The van der Waals surface area contributed by atoms with Gasteiger partial charge in [0.1, 0.15) is 0 Å². The summed E-state index contributed by atoms with van der Waals surface area (Å²) in [5.74, 6) is 0. The third kappa shape index (κ3) is 1.63. The highest BCUT2D eigenvalue weighted by molar-refractivity contribution is 5.58. The first-order chi connectivity index (χ1) is 7.16. The molecule has 1 aromatic rings. The van der Waals surface area contributed by atoms with Crippen LogP contribution in [0.3, 0.4) is 0 Å². The molecule has 1 fully saturated rings. The minimum atomic E-state index is 0.138. The highest BCUT2D eigenvalue weighted by Crippen LogP contribution is 2.37. The van der Waals surface area contributed by atoms with Crippen LogP contribution in [0.25, 0.3) is 0 Å². The number of nitrogens with zero attached hydrogens (tertiary/aromatic N) is 1. The first-order valence-electron chi connectivity index (χ1n) is 5.78. The molecule has 0 aromatic heterocycles. The maximum absolute atomic E-state index is 6.14. The van der Waals surface area contributed by atoms with Gasteiger partial charge < -0.3 is 10.6 Å². The normalized spacial score (nSPS) is 21.6. The number of hydrogen-bond donors (Lipinski definition) is 1. The van der Waals surface area contributed by atoms with E-state index < -0.39 is 0 Å². The molecule has 2 aliphatic rings. The minimum absolute atomic E-state index is 0.138. The van der Waals surface area contributed by atoms with E-state index in [2.05, 4.69) is 30.1 Å². The fraction of sp³-hybridized carbons (Fsp3) is 0.538. The van der Waals surface area contributed by atoms with Crippen LogP contribution in [0.1, 0.15) is 24.0 Å². The first-order valence-corrected chi connectivity index (χ1v) is 5.78. The molecule has 0 spiro atoms. The summed E-state index contributed by atoms with van der Waals surface area (Å²) in [6.07, 6.45) is 4.65. The molecule has 80 valence electrons. The molecule has 15 heavy (non-hydrogen) atoms. The second-order valence-electron chi connectivity index (χ2n) is 5.17. The lowest BCUT2D eigenvalue weighted by Gasteiger charge is -2.13. The van der Waals surface area contributed by atoms with Crippen molar-refractivity contribution >= 4 is 5.69 Å². The fourth-order valence-corrected chi connectivity index (χ4v) is 2.47. The van der Waals surface area contributed by atoms with E-state index in [0.717, 1.165) is 13.0 Å². The Balaban J connectivity index is 1.86. The second kappa shape index (κ2) is 2.99. The quantitative estimate of drug-likeness (QED) is 0.791. The number of likely N-dealkylation sites (N-methyl/N-ethyl adjacent to an activating group) is 1. The van der Waals surface area contributed by atoms with Gasteiger partial charge in [-0.05, 0) is 42.9 Å². The van der Waals surface area contributed by atoms with Gasteiger partial charge in [0.2, 0.25) is 0 Å². The topological polar surface area (TPSA) is 29.3 Å². The average Bonchev–Trinajstić information content (AvgIpc) is 2.81. The van der Waals surface area contributed by atoms with Crippen molar-refractivity contribution < 1.29 is 0 Å². The van der Waals surface area contributed by atoms with Crippen LogP contribution in [0.4, 0.5) is 5.69 Å². The molecule has 2 nitrogen and oxygen atoms in total. The number of hydrogen-bond acceptors (Lipinski definition) is 2. The fourth-order valence-electron chi connectivity index (χ4n) is 2.47. The number of rotatable bonds is 2. The lowest BCUT2D eigenvalue weighted by atomic mass is 10.0. The third-order valence-electron chi connectivity index (χ3n) is 3.72. The molecule has 1 saturated carbocycles. The van der Waals surface area contributed by atoms with Crippen LogP contribution in [0.2, 0.25) is 0 Å². The Morgan fingerprint density at radius 2 is 2.20 bits per heavy atom. The summed E-state index contributed by atoms with van der Waals surface area (Å²) in [7, 11) is 2.16. The van der Waals surface area contributed by atoms with Crippen molar-refractivity contribution in [3.05, 3.63) is 29.3 Å². The van der Waals surface area contributed by atoms with Gasteiger partial charge in [-0.3, -0.25) is 0 Å². The second-order valence-corrected chi connectivity index (χ2v) is 5.17. The lowest BCUT2D eigenvalue weighted by molar-refractivity contribution is 0.672. The Hall–Kier alpha value is -1.02. The summed E-state index contributed by atoms with van der Waals surface area (Å²) >= 11 is 0. The van der Waals surface area contributed by atoms with Crippen molar-refractivity contribution in [1.29, 1.82) is 0 Å². The molecular formula is C13H18N2. The van der Waals surface area contributed by atoms with Crippen molar-refractivity contribution in [2.75, 3.05) is 18.5 Å². The highest BCUT2D eigenvalue weighted by atomic mass is 15.1. The third-order valence-corrected chi connectivity index (χ3v) is 3.72. The number of anilines is 1. The Bertz CT molecular complexity index is 394. The van der Waals surface area contributed by atoms with E-state index in [1.807, 2.05) is 0 Å². The van der Waals surface area contributed by atoms with E-state index in [0.29, 0.717) is 0 Å². The zero-order chi connectivity index (χ0) is 10.5. The number of benzene rings is 1. The minimum Gasteiger partial charge on any atom is -0.374 e. The van der Waals surface area contributed by atoms with Crippen LogP contribution in [0.5, 0.6) is 0 Å². The molecule has 0 radical (unpaired) electrons. The van der Waals surface area contributed by atoms with Gasteiger partial charge >= 0.3 is 0 Å². The van der Waals surface area contributed by atoms with Crippen LogP contribution < -0.4 is 10.6 Å². The van der Waals surface area contributed by atoms with Gasteiger partial charge in [-0.2, -0.15) is 0 Å². The predicted octanol–water partition coefficient (Wildman–Crippen LogP) is 1.71. The van der Waals surface area contributed by atoms with Gasteiger partial charge in [0.25, 0.3) is 0 Å². The first kappa shape index (κ1) is 9.22. The summed E-state index contributed by atoms with van der Waals surface area (Å²) in [5, 5.41) is 0. The maximum Gasteiger partial charge on any atom is 0.0397 e. The van der Waals surface area contributed by atoms with E-state index in [4.69, 9.17) is 5.73 Å². The molecule has 1 aliphatic carbocycles. The largest absolute Gasteiger partial charge is 0.374 e. The predicted molar refractivity (Wildman–Crippen MR) is 63.3 cm³/mol. The summed E-state index contributed by atoms with van der Waals surface area (Å²) < 4.78 is 0. The van der Waals surface area contributed by atoms with E-state index in [1.54, 1.807) is 0 Å². The molecule has 2 N–H and O–H groups in total. The van der Waals surface area contributed by atoms with Crippen LogP contribution >= 0.6 is 0 Å². The van der Waals surface area contributed by atoms with E-state index in [1.165, 1.54) is 36.1 Å². The molecule has 0 amide bonds. The Kier molecular flexibility index (Phi) is 1.84. The Morgan fingerprint density at radius 1 is 1.40 bits per heavy atom. The molecule has 0 saturated heterocycles. The van der Waals surface area contributed by atoms with Gasteiger partial charge in [0.15, 0.2) is 0 Å². The van der Waals surface area contributed by atoms with Crippen molar-refractivity contribution in [3.8, 4) is 0 Å². The monoisotopic (exact) mass is 202 g/mol. The summed E-state index contributed by atoms with van der Waals surface area (Å²) in [6, 6.07) is 6.85. The van der Waals surface area contributed by atoms with Crippen molar-refractivity contribution in [2.24, 2.45) is 5.73 Å². The SMILES string of the molecule is CN1CCc2cc(CC3(N)CC3)ccc21. The van der Waals surface area contributed by atoms with Gasteiger partial charge in [0, 0.05) is 24.8 Å².